The van der Waals surface area contributed by atoms with E-state index in [0.717, 1.165) is 5.56 Å². The van der Waals surface area contributed by atoms with Gasteiger partial charge in [-0.15, -0.1) is 0 Å². The normalized spacial score (nSPS) is 19.4. The van der Waals surface area contributed by atoms with Crippen LogP contribution in [-0.2, 0) is 20.9 Å². The zero-order valence-electron chi connectivity index (χ0n) is 23.0. The second-order valence-electron chi connectivity index (χ2n) is 9.45. The maximum absolute atomic E-state index is 14.9. The van der Waals surface area contributed by atoms with Gasteiger partial charge in [0, 0.05) is 63.9 Å². The summed E-state index contributed by atoms with van der Waals surface area (Å²) in [6.07, 6.45) is -6.49. The monoisotopic (exact) mass is 687 g/mol. The van der Waals surface area contributed by atoms with Crippen molar-refractivity contribution in [1.82, 2.24) is 19.9 Å². The van der Waals surface area contributed by atoms with E-state index in [4.69, 9.17) is 29.7 Å². The fourth-order valence-electron chi connectivity index (χ4n) is 4.02. The molecule has 0 amide bonds. The van der Waals surface area contributed by atoms with Gasteiger partial charge >= 0.3 is 36.4 Å². The fourth-order valence-corrected chi connectivity index (χ4v) is 4.02. The molecule has 0 bridgehead atoms. The number of piperidine rings is 1. The van der Waals surface area contributed by atoms with Crippen LogP contribution >= 0.6 is 0 Å². The molecule has 2 aliphatic heterocycles. The minimum atomic E-state index is -5.08. The quantitative estimate of drug-likeness (QED) is 0.390. The van der Waals surface area contributed by atoms with Crippen LogP contribution in [0.2, 0.25) is 0 Å². The highest BCUT2D eigenvalue weighted by Gasteiger charge is 2.59. The lowest BCUT2D eigenvalue weighted by atomic mass is 9.75. The number of aliphatic carboxylic acids is 3. The predicted molar refractivity (Wildman–Crippen MR) is 131 cm³/mol. The Bertz CT molecular complexity index is 1220. The van der Waals surface area contributed by atoms with Crippen molar-refractivity contribution in [1.29, 1.82) is 0 Å². The van der Waals surface area contributed by atoms with Crippen LogP contribution in [-0.4, -0.2) is 104 Å². The Hall–Kier alpha value is -4.37. The lowest BCUT2D eigenvalue weighted by Crippen LogP contribution is -2.56. The maximum Gasteiger partial charge on any atom is 0.490 e. The Morgan fingerprint density at radius 2 is 1.24 bits per heavy atom. The number of carboxylic acid groups (broad SMARTS) is 3. The smallest absolute Gasteiger partial charge is 0.475 e. The van der Waals surface area contributed by atoms with E-state index in [1.54, 1.807) is 31.0 Å². The van der Waals surface area contributed by atoms with Gasteiger partial charge in [-0.2, -0.15) is 39.5 Å². The zero-order valence-corrected chi connectivity index (χ0v) is 23.0. The minimum absolute atomic E-state index is 0.0957. The van der Waals surface area contributed by atoms with E-state index < -0.39 is 47.8 Å². The highest BCUT2D eigenvalue weighted by molar-refractivity contribution is 5.73. The van der Waals surface area contributed by atoms with Crippen LogP contribution < -0.4 is 4.90 Å². The number of nitrogens with zero attached hydrogens (tertiary/aromatic N) is 5. The summed E-state index contributed by atoms with van der Waals surface area (Å²) in [5, 5.41) is 21.4. The molecule has 4 rings (SSSR count). The zero-order chi connectivity index (χ0) is 35.6. The van der Waals surface area contributed by atoms with E-state index >= 15 is 0 Å². The predicted octanol–water partition coefficient (Wildman–Crippen LogP) is 4.51. The number of rotatable bonds is 3. The molecule has 11 nitrogen and oxygen atoms in total. The maximum atomic E-state index is 14.9. The van der Waals surface area contributed by atoms with Crippen molar-refractivity contribution in [3.63, 3.8) is 0 Å². The van der Waals surface area contributed by atoms with Crippen molar-refractivity contribution < 1.29 is 78.0 Å². The van der Waals surface area contributed by atoms with Crippen molar-refractivity contribution in [2.24, 2.45) is 5.41 Å². The van der Waals surface area contributed by atoms with Gasteiger partial charge in [0.2, 0.25) is 0 Å². The Morgan fingerprint density at radius 1 is 0.739 bits per heavy atom. The summed E-state index contributed by atoms with van der Waals surface area (Å²) < 4.78 is 125. The molecule has 2 fully saturated rings. The van der Waals surface area contributed by atoms with Crippen LogP contribution in [0.5, 0.6) is 0 Å². The first-order chi connectivity index (χ1) is 20.9. The van der Waals surface area contributed by atoms with E-state index in [9.17, 15) is 48.3 Å². The topological polar surface area (TPSA) is 157 Å². The SMILES string of the molecule is FC1(F)CCN(Cc2cccnc2)CC12CCN(c1cnccn1)C2.O=C(O)C(F)(F)F.O=C(O)C(F)(F)F.O=C(O)C(F)(F)F. The summed E-state index contributed by atoms with van der Waals surface area (Å²) in [4.78, 5) is 43.2. The molecule has 1 spiro atoms. The van der Waals surface area contributed by atoms with E-state index in [1.807, 2.05) is 17.0 Å². The number of likely N-dealkylation sites (tertiary alicyclic amines) is 1. The van der Waals surface area contributed by atoms with Crippen LogP contribution in [0.3, 0.4) is 0 Å². The fraction of sp³-hybridized carbons (Fsp3) is 0.500. The number of alkyl halides is 11. The lowest BCUT2D eigenvalue weighted by Gasteiger charge is -2.46. The van der Waals surface area contributed by atoms with Crippen molar-refractivity contribution >= 4 is 23.7 Å². The van der Waals surface area contributed by atoms with Crippen molar-refractivity contribution in [2.75, 3.05) is 31.1 Å². The second-order valence-corrected chi connectivity index (χ2v) is 9.45. The van der Waals surface area contributed by atoms with Gasteiger partial charge in [0.05, 0.1) is 11.6 Å². The number of halogens is 11. The van der Waals surface area contributed by atoms with Crippen molar-refractivity contribution in [3.05, 3.63) is 48.7 Å². The standard InChI is InChI=1S/C18H21F2N5.3C2HF3O2/c19-18(20)4-8-24(12-15-2-1-5-21-10-15)13-17(18)3-9-25(14-17)16-11-22-6-7-23-16;3*3-2(4,5)1(6)7/h1-2,5-7,10-11H,3-4,8-9,12-14H2;3*(H,6,7). The molecular weight excluding hydrogens is 663 g/mol. The highest BCUT2D eigenvalue weighted by atomic mass is 19.4. The molecule has 0 saturated carbocycles. The Balaban J connectivity index is 0.000000413. The number of hydrogen-bond donors (Lipinski definition) is 3. The lowest BCUT2D eigenvalue weighted by molar-refractivity contribution is -0.193. The van der Waals surface area contributed by atoms with Crippen LogP contribution in [0.25, 0.3) is 0 Å². The first-order valence-corrected chi connectivity index (χ1v) is 12.3. The summed E-state index contributed by atoms with van der Waals surface area (Å²) in [6, 6.07) is 3.88. The van der Waals surface area contributed by atoms with Gasteiger partial charge in [0.15, 0.2) is 0 Å². The number of aromatic nitrogens is 3. The summed E-state index contributed by atoms with van der Waals surface area (Å²) >= 11 is 0. The molecule has 3 N–H and O–H groups in total. The highest BCUT2D eigenvalue weighted by Crippen LogP contribution is 2.50. The third kappa shape index (κ3) is 12.6. The summed E-state index contributed by atoms with van der Waals surface area (Å²) in [5.41, 5.74) is 0.0389. The number of carboxylic acids is 3. The molecule has 2 aromatic heterocycles. The molecule has 258 valence electrons. The van der Waals surface area contributed by atoms with Gasteiger partial charge in [-0.3, -0.25) is 14.9 Å². The van der Waals surface area contributed by atoms with Crippen molar-refractivity contribution in [2.45, 2.75) is 43.8 Å². The van der Waals surface area contributed by atoms with E-state index in [2.05, 4.69) is 19.9 Å². The van der Waals surface area contributed by atoms with Crippen LogP contribution in [0.15, 0.2) is 43.1 Å². The molecule has 0 radical (unpaired) electrons. The molecule has 1 atom stereocenters. The van der Waals surface area contributed by atoms with Gasteiger partial charge < -0.3 is 20.2 Å². The van der Waals surface area contributed by atoms with Crippen LogP contribution in [0, 0.1) is 5.41 Å². The molecular formula is C24H24F11N5O6. The third-order valence-electron chi connectivity index (χ3n) is 6.13. The first kappa shape index (κ1) is 39.7. The average Bonchev–Trinajstić information content (AvgIpc) is 3.37. The molecule has 2 aromatic rings. The summed E-state index contributed by atoms with van der Waals surface area (Å²) in [6.45, 7) is 2.38. The number of hydrogen-bond acceptors (Lipinski definition) is 8. The van der Waals surface area contributed by atoms with Gasteiger partial charge in [-0.05, 0) is 18.1 Å². The number of anilines is 1. The molecule has 46 heavy (non-hydrogen) atoms. The van der Waals surface area contributed by atoms with Crippen LogP contribution in [0.4, 0.5) is 54.1 Å². The molecule has 4 heterocycles. The second kappa shape index (κ2) is 15.8. The number of carbonyl (C=O) groups is 3. The van der Waals surface area contributed by atoms with Gasteiger partial charge in [-0.25, -0.2) is 28.1 Å². The average molecular weight is 687 g/mol. The van der Waals surface area contributed by atoms with Crippen molar-refractivity contribution in [3.8, 4) is 0 Å². The Labute approximate surface area is 251 Å². The van der Waals surface area contributed by atoms with E-state index in [-0.39, 0.29) is 6.42 Å². The molecule has 0 aliphatic carbocycles. The largest absolute Gasteiger partial charge is 0.490 e. The molecule has 22 heteroatoms. The number of pyridine rings is 1. The molecule has 0 aromatic carbocycles. The minimum Gasteiger partial charge on any atom is -0.475 e. The Morgan fingerprint density at radius 3 is 1.65 bits per heavy atom. The summed E-state index contributed by atoms with van der Waals surface area (Å²) in [5.74, 6) is -10.2. The van der Waals surface area contributed by atoms with Gasteiger partial charge in [0.25, 0.3) is 5.92 Å². The van der Waals surface area contributed by atoms with E-state index in [1.165, 1.54) is 0 Å². The van der Waals surface area contributed by atoms with Gasteiger partial charge in [0.1, 0.15) is 5.82 Å². The van der Waals surface area contributed by atoms with Gasteiger partial charge in [-0.1, -0.05) is 6.07 Å². The molecule has 1 unspecified atom stereocenters. The molecule has 2 aliphatic rings. The van der Waals surface area contributed by atoms with E-state index in [0.29, 0.717) is 45.0 Å². The Kier molecular flexibility index (Phi) is 13.6. The first-order valence-electron chi connectivity index (χ1n) is 12.3. The third-order valence-corrected chi connectivity index (χ3v) is 6.13. The van der Waals surface area contributed by atoms with Crippen LogP contribution in [0.1, 0.15) is 18.4 Å². The molecule has 2 saturated heterocycles. The summed E-state index contributed by atoms with van der Waals surface area (Å²) in [7, 11) is 0.